The van der Waals surface area contributed by atoms with Crippen molar-refractivity contribution in [1.82, 2.24) is 0 Å². The van der Waals surface area contributed by atoms with Crippen LogP contribution in [0.5, 0.6) is 0 Å². The van der Waals surface area contributed by atoms with E-state index >= 15 is 0 Å². The maximum atomic E-state index is 12.2. The Bertz CT molecular complexity index is 529. The molecule has 1 aliphatic rings. The quantitative estimate of drug-likeness (QED) is 0.802. The molecule has 0 bridgehead atoms. The summed E-state index contributed by atoms with van der Waals surface area (Å²) in [5, 5.41) is 10.2. The maximum Gasteiger partial charge on any atom is 0.324 e. The second-order valence-corrected chi connectivity index (χ2v) is 5.53. The van der Waals surface area contributed by atoms with Crippen molar-refractivity contribution < 1.29 is 14.3 Å². The Morgan fingerprint density at radius 3 is 2.57 bits per heavy atom. The van der Waals surface area contributed by atoms with Crippen molar-refractivity contribution in [2.75, 3.05) is 19.8 Å². The fraction of sp³-hybridized carbons (Fsp3) is 0.500. The first-order valence-corrected chi connectivity index (χ1v) is 7.42. The van der Waals surface area contributed by atoms with Gasteiger partial charge >= 0.3 is 5.97 Å². The average molecular weight is 308 g/mol. The number of hydrogen-bond donors (Lipinski definition) is 0. The molecule has 0 aromatic heterocycles. The van der Waals surface area contributed by atoms with Crippen LogP contribution in [0, 0.1) is 17.2 Å². The van der Waals surface area contributed by atoms with Crippen LogP contribution in [-0.2, 0) is 19.7 Å². The summed E-state index contributed by atoms with van der Waals surface area (Å²) in [7, 11) is 0. The number of esters is 1. The lowest BCUT2D eigenvalue weighted by atomic mass is 9.66. The van der Waals surface area contributed by atoms with Gasteiger partial charge in [-0.15, -0.1) is 0 Å². The maximum absolute atomic E-state index is 12.2. The van der Waals surface area contributed by atoms with Crippen molar-refractivity contribution in [2.45, 2.75) is 25.2 Å². The highest BCUT2D eigenvalue weighted by atomic mass is 35.5. The van der Waals surface area contributed by atoms with Crippen LogP contribution in [0.3, 0.4) is 0 Å². The van der Waals surface area contributed by atoms with Crippen LogP contribution in [0.2, 0.25) is 5.02 Å². The first-order valence-electron chi connectivity index (χ1n) is 7.04. The zero-order chi connectivity index (χ0) is 15.3. The minimum absolute atomic E-state index is 0.268. The molecule has 0 N–H and O–H groups in total. The fourth-order valence-corrected chi connectivity index (χ4v) is 3.01. The standard InChI is InChI=1S/C16H18ClNO3/c1-2-21-15(19)14(11-18)16(7-9-20-10-8-16)12-3-5-13(17)6-4-12/h3-6,14H,2,7-10H2,1H3. The lowest BCUT2D eigenvalue weighted by molar-refractivity contribution is -0.149. The van der Waals surface area contributed by atoms with Crippen LogP contribution < -0.4 is 0 Å². The molecule has 1 aromatic carbocycles. The van der Waals surface area contributed by atoms with Crippen LogP contribution in [0.15, 0.2) is 24.3 Å². The van der Waals surface area contributed by atoms with E-state index in [1.807, 2.05) is 12.1 Å². The van der Waals surface area contributed by atoms with Crippen LogP contribution in [0.4, 0.5) is 0 Å². The topological polar surface area (TPSA) is 59.3 Å². The number of carbonyl (C=O) groups excluding carboxylic acids is 1. The Balaban J connectivity index is 2.43. The van der Waals surface area contributed by atoms with Crippen molar-refractivity contribution >= 4 is 17.6 Å². The van der Waals surface area contributed by atoms with E-state index < -0.39 is 17.3 Å². The third-order valence-corrected chi connectivity index (χ3v) is 4.26. The van der Waals surface area contributed by atoms with Crippen LogP contribution in [-0.4, -0.2) is 25.8 Å². The number of benzene rings is 1. The lowest BCUT2D eigenvalue weighted by Gasteiger charge is -2.39. The third kappa shape index (κ3) is 3.20. The largest absolute Gasteiger partial charge is 0.465 e. The molecule has 0 spiro atoms. The lowest BCUT2D eigenvalue weighted by Crippen LogP contribution is -2.44. The van der Waals surface area contributed by atoms with Crippen molar-refractivity contribution in [1.29, 1.82) is 5.26 Å². The van der Waals surface area contributed by atoms with E-state index in [0.29, 0.717) is 31.1 Å². The molecule has 0 amide bonds. The van der Waals surface area contributed by atoms with Gasteiger partial charge in [0.1, 0.15) is 0 Å². The van der Waals surface area contributed by atoms with Gasteiger partial charge in [-0.2, -0.15) is 5.26 Å². The van der Waals surface area contributed by atoms with Gasteiger partial charge in [-0.05, 0) is 37.5 Å². The highest BCUT2D eigenvalue weighted by Gasteiger charge is 2.46. The average Bonchev–Trinajstić information content (AvgIpc) is 2.50. The smallest absolute Gasteiger partial charge is 0.324 e. The van der Waals surface area contributed by atoms with Crippen LogP contribution >= 0.6 is 11.6 Å². The zero-order valence-corrected chi connectivity index (χ0v) is 12.7. The van der Waals surface area contributed by atoms with Gasteiger partial charge in [-0.25, -0.2) is 0 Å². The molecule has 1 heterocycles. The summed E-state index contributed by atoms with van der Waals surface area (Å²) in [5.74, 6) is -1.29. The summed E-state index contributed by atoms with van der Waals surface area (Å²) in [6.45, 7) is 3.07. The number of halogens is 1. The number of ether oxygens (including phenoxy) is 2. The second-order valence-electron chi connectivity index (χ2n) is 5.09. The molecule has 112 valence electrons. The van der Waals surface area contributed by atoms with Crippen LogP contribution in [0.25, 0.3) is 0 Å². The number of rotatable bonds is 4. The van der Waals surface area contributed by atoms with Crippen molar-refractivity contribution in [2.24, 2.45) is 5.92 Å². The number of carbonyl (C=O) groups is 1. The molecule has 0 radical (unpaired) electrons. The van der Waals surface area contributed by atoms with Crippen LogP contribution in [0.1, 0.15) is 25.3 Å². The van der Waals surface area contributed by atoms with Gasteiger partial charge < -0.3 is 9.47 Å². The first kappa shape index (κ1) is 15.8. The van der Waals surface area contributed by atoms with E-state index in [-0.39, 0.29) is 6.61 Å². The first-order chi connectivity index (χ1) is 10.1. The van der Waals surface area contributed by atoms with E-state index in [4.69, 9.17) is 21.1 Å². The molecule has 4 nitrogen and oxygen atoms in total. The molecule has 1 fully saturated rings. The molecular formula is C16H18ClNO3. The Morgan fingerprint density at radius 1 is 1.43 bits per heavy atom. The summed E-state index contributed by atoms with van der Waals surface area (Å²) in [4.78, 5) is 12.2. The Hall–Kier alpha value is -1.57. The van der Waals surface area contributed by atoms with Crippen molar-refractivity contribution in [3.8, 4) is 6.07 Å². The third-order valence-electron chi connectivity index (χ3n) is 4.01. The second kappa shape index (κ2) is 6.93. The number of nitrogens with zero attached hydrogens (tertiary/aromatic N) is 1. The molecule has 21 heavy (non-hydrogen) atoms. The molecule has 1 aliphatic heterocycles. The van der Waals surface area contributed by atoms with Crippen molar-refractivity contribution in [3.05, 3.63) is 34.9 Å². The van der Waals surface area contributed by atoms with E-state index in [1.54, 1.807) is 19.1 Å². The summed E-state index contributed by atoms with van der Waals surface area (Å²) >= 11 is 5.94. The summed E-state index contributed by atoms with van der Waals surface area (Å²) in [6.07, 6.45) is 1.23. The van der Waals surface area contributed by atoms with E-state index in [0.717, 1.165) is 5.56 Å². The SMILES string of the molecule is CCOC(=O)C(C#N)C1(c2ccc(Cl)cc2)CCOCC1. The predicted octanol–water partition coefficient (Wildman–Crippen LogP) is 3.09. The Kier molecular flexibility index (Phi) is 5.22. The van der Waals surface area contributed by atoms with Gasteiger partial charge in [-0.3, -0.25) is 4.79 Å². The zero-order valence-electron chi connectivity index (χ0n) is 12.0. The van der Waals surface area contributed by atoms with Gasteiger partial charge in [0.15, 0.2) is 5.92 Å². The van der Waals surface area contributed by atoms with Gasteiger partial charge in [-0.1, -0.05) is 23.7 Å². The monoisotopic (exact) mass is 307 g/mol. The molecule has 1 aromatic rings. The molecule has 0 aliphatic carbocycles. The minimum atomic E-state index is -0.831. The van der Waals surface area contributed by atoms with E-state index in [2.05, 4.69) is 6.07 Å². The Morgan fingerprint density at radius 2 is 2.05 bits per heavy atom. The minimum Gasteiger partial charge on any atom is -0.465 e. The summed E-state index contributed by atoms with van der Waals surface area (Å²) in [6, 6.07) is 9.49. The predicted molar refractivity (Wildman–Crippen MR) is 78.9 cm³/mol. The van der Waals surface area contributed by atoms with Gasteiger partial charge in [0.2, 0.25) is 0 Å². The van der Waals surface area contributed by atoms with E-state index in [1.165, 1.54) is 0 Å². The summed E-state index contributed by atoms with van der Waals surface area (Å²) < 4.78 is 10.5. The molecule has 1 atom stereocenters. The van der Waals surface area contributed by atoms with Gasteiger partial charge in [0.25, 0.3) is 0 Å². The highest BCUT2D eigenvalue weighted by molar-refractivity contribution is 6.30. The molecule has 1 unspecified atom stereocenters. The Labute approximate surface area is 129 Å². The molecule has 2 rings (SSSR count). The molecule has 0 saturated carbocycles. The van der Waals surface area contributed by atoms with Gasteiger partial charge in [0, 0.05) is 23.7 Å². The number of hydrogen-bond acceptors (Lipinski definition) is 4. The van der Waals surface area contributed by atoms with Gasteiger partial charge in [0.05, 0.1) is 12.7 Å². The molecular weight excluding hydrogens is 290 g/mol. The molecule has 1 saturated heterocycles. The fourth-order valence-electron chi connectivity index (χ4n) is 2.89. The summed E-state index contributed by atoms with van der Waals surface area (Å²) in [5.41, 5.74) is 0.374. The number of nitriles is 1. The highest BCUT2D eigenvalue weighted by Crippen LogP contribution is 2.42. The molecule has 5 heteroatoms. The van der Waals surface area contributed by atoms with E-state index in [9.17, 15) is 10.1 Å². The van der Waals surface area contributed by atoms with Crippen molar-refractivity contribution in [3.63, 3.8) is 0 Å². The normalized spacial score (nSPS) is 18.5.